The van der Waals surface area contributed by atoms with Crippen molar-refractivity contribution in [2.24, 2.45) is 84.2 Å². The summed E-state index contributed by atoms with van der Waals surface area (Å²) in [5.41, 5.74) is 3.00. The van der Waals surface area contributed by atoms with Crippen LogP contribution in [0, 0.1) is 84.2 Å². The Hall–Kier alpha value is -0.590. The Morgan fingerprint density at radius 3 is 1.80 bits per heavy atom. The molecule has 10 unspecified atom stereocenters. The summed E-state index contributed by atoms with van der Waals surface area (Å²) in [6.07, 6.45) is 27.6. The van der Waals surface area contributed by atoms with Crippen LogP contribution >= 0.6 is 23.2 Å². The molecule has 12 rings (SSSR count). The van der Waals surface area contributed by atoms with Crippen LogP contribution in [0.25, 0.3) is 0 Å². The van der Waals surface area contributed by atoms with Gasteiger partial charge in [-0.15, -0.1) is 29.8 Å². The van der Waals surface area contributed by atoms with Gasteiger partial charge in [0.2, 0.25) is 0 Å². The van der Waals surface area contributed by atoms with Gasteiger partial charge in [0.15, 0.2) is 0 Å². The second-order valence-electron chi connectivity index (χ2n) is 29.4. The average Bonchev–Trinajstić information content (AvgIpc) is 4.20. The fourth-order valence-corrected chi connectivity index (χ4v) is 24.1. The zero-order valence-corrected chi connectivity index (χ0v) is 51.4. The number of rotatable bonds is 5. The van der Waals surface area contributed by atoms with E-state index in [0.717, 1.165) is 38.1 Å². The molecule has 3 heterocycles. The smallest absolute Gasteiger partial charge is 0.134 e. The van der Waals surface area contributed by atoms with Gasteiger partial charge in [0.25, 0.3) is 0 Å². The van der Waals surface area contributed by atoms with E-state index in [1.54, 1.807) is 5.57 Å². The number of aliphatic hydroxyl groups excluding tert-OH is 2. The second-order valence-corrected chi connectivity index (χ2v) is 30.0. The number of halogens is 2. The zero-order valence-electron chi connectivity index (χ0n) is 49.9. The third-order valence-electron chi connectivity index (χ3n) is 28.1. The van der Waals surface area contributed by atoms with Crippen molar-refractivity contribution in [3.63, 3.8) is 0 Å². The highest BCUT2D eigenvalue weighted by Crippen LogP contribution is 2.78. The standard InChI is InChI=1S/C22H39NO2.C21H34ClNO2.C19H31NO.C2H3ClO/c1-7-19(4)13-17(24)20(5)15(2)9-12-21(16(3)18(19)25)10-8-11-22(20,21)14-23-6;1-13-7-10-20-8-6-9-21(20)19(13,4)15(25-23(21)5)11-18(3)16(12-22)24-17(18)14(20)2;1-13-11-15(3)18-8-6-9-19(18)17(4,14(2)7-10-18)16(12-13)21-20(19)5;3-1-2-4/h7,15-18,23-25H,1,8-14H2,2-6H3;13-17H,6-12H2,1-5H3;11,14-16H,6-10,12H2,1-5H3;2H,1H2/b;;13-11-;/t15?,16-,17+,18-,19+,20?,21?,22+;13?,14-,15+,16?,17-,18-,19?,20?,21+;14?,15-,16+,17?,18?,19+;/m000./s1. The van der Waals surface area contributed by atoms with Gasteiger partial charge >= 0.3 is 0 Å². The Balaban J connectivity index is 0.000000133. The normalized spacial score (nSPS) is 56.7. The van der Waals surface area contributed by atoms with Crippen LogP contribution in [-0.2, 0) is 19.2 Å². The highest BCUT2D eigenvalue weighted by Gasteiger charge is 2.81. The minimum absolute atomic E-state index is 0.0503. The van der Waals surface area contributed by atoms with E-state index in [1.165, 1.54) is 83.5 Å². The van der Waals surface area contributed by atoms with Gasteiger partial charge in [0, 0.05) is 53.6 Å². The fourth-order valence-electron chi connectivity index (χ4n) is 23.7. The van der Waals surface area contributed by atoms with Crippen LogP contribution < -0.4 is 5.32 Å². The molecule has 10 bridgehead atoms. The first kappa shape index (κ1) is 59.0. The van der Waals surface area contributed by atoms with Crippen LogP contribution in [0.4, 0.5) is 0 Å². The van der Waals surface area contributed by atoms with Crippen molar-refractivity contribution >= 4 is 29.5 Å². The lowest BCUT2D eigenvalue weighted by atomic mass is 9.37. The van der Waals surface area contributed by atoms with E-state index in [1.807, 2.05) is 13.1 Å². The topological polar surface area (TPSA) is 104 Å². The second kappa shape index (κ2) is 20.1. The maximum atomic E-state index is 11.6. The van der Waals surface area contributed by atoms with Gasteiger partial charge in [-0.2, -0.15) is 10.1 Å². The Labute approximate surface area is 466 Å². The average molecular weight is 1090 g/mol. The molecule has 0 radical (unpaired) electrons. The van der Waals surface area contributed by atoms with Crippen LogP contribution in [-0.4, -0.2) is 114 Å². The summed E-state index contributed by atoms with van der Waals surface area (Å²) in [5.74, 6) is 4.12. The van der Waals surface area contributed by atoms with Crippen LogP contribution in [0.15, 0.2) is 24.3 Å². The summed E-state index contributed by atoms with van der Waals surface area (Å²) in [4.78, 5) is 22.3. The first-order valence-corrected chi connectivity index (χ1v) is 31.6. The molecule has 75 heavy (non-hydrogen) atoms. The maximum absolute atomic E-state index is 11.6. The van der Waals surface area contributed by atoms with Gasteiger partial charge in [-0.1, -0.05) is 113 Å². The number of carbonyl (C=O) groups excluding carboxylic acids is 1. The molecule has 0 aromatic rings. The van der Waals surface area contributed by atoms with Crippen LogP contribution in [0.5, 0.6) is 0 Å². The Bertz CT molecular complexity index is 2170. The van der Waals surface area contributed by atoms with E-state index in [-0.39, 0.29) is 56.1 Å². The number of ether oxygens (including phenoxy) is 1. The van der Waals surface area contributed by atoms with Gasteiger partial charge < -0.3 is 25.1 Å². The summed E-state index contributed by atoms with van der Waals surface area (Å²) in [7, 11) is 6.52. The third kappa shape index (κ3) is 7.24. The van der Waals surface area contributed by atoms with E-state index in [4.69, 9.17) is 42.4 Å². The van der Waals surface area contributed by atoms with E-state index < -0.39 is 17.6 Å². The number of alkyl halides is 2. The number of carbonyl (C=O) groups is 1. The molecule has 12 aliphatic rings. The van der Waals surface area contributed by atoms with Crippen molar-refractivity contribution in [2.45, 2.75) is 246 Å². The van der Waals surface area contributed by atoms with Crippen molar-refractivity contribution in [1.82, 2.24) is 15.4 Å². The maximum Gasteiger partial charge on any atom is 0.134 e. The summed E-state index contributed by atoms with van der Waals surface area (Å²) < 4.78 is 6.45. The molecule has 428 valence electrons. The first-order valence-electron chi connectivity index (χ1n) is 30.6. The van der Waals surface area contributed by atoms with Crippen molar-refractivity contribution in [3.05, 3.63) is 24.3 Å². The summed E-state index contributed by atoms with van der Waals surface area (Å²) in [6, 6.07) is 0. The molecule has 2 spiro atoms. The van der Waals surface area contributed by atoms with Gasteiger partial charge in [-0.25, -0.2) is 0 Å². The Morgan fingerprint density at radius 1 is 0.720 bits per heavy atom. The number of hydroxylamine groups is 4. The number of aliphatic hydroxyl groups is 2. The number of allylic oxidation sites excluding steroid dienone is 1. The highest BCUT2D eigenvalue weighted by molar-refractivity contribution is 6.24. The lowest BCUT2D eigenvalue weighted by Crippen LogP contribution is -2.74. The molecule has 9 aliphatic carbocycles. The number of aldehydes is 1. The molecular weight excluding hydrogens is 978 g/mol. The molecule has 0 amide bonds. The van der Waals surface area contributed by atoms with Gasteiger partial charge in [0.05, 0.1) is 53.6 Å². The van der Waals surface area contributed by atoms with Crippen molar-refractivity contribution in [2.75, 3.05) is 39.4 Å². The summed E-state index contributed by atoms with van der Waals surface area (Å²) in [5, 5.41) is 31.2. The molecule has 11 fully saturated rings. The number of nitrogens with zero attached hydrogens (tertiary/aromatic N) is 2. The minimum Gasteiger partial charge on any atom is -0.392 e. The monoisotopic (exact) mass is 1080 g/mol. The quantitative estimate of drug-likeness (QED) is 0.141. The largest absolute Gasteiger partial charge is 0.392 e. The first-order chi connectivity index (χ1) is 35.2. The van der Waals surface area contributed by atoms with Crippen LogP contribution in [0.1, 0.15) is 199 Å². The Morgan fingerprint density at radius 2 is 1.23 bits per heavy atom. The number of hydrogen-bond donors (Lipinski definition) is 3. The zero-order chi connectivity index (χ0) is 55.0. The third-order valence-corrected chi connectivity index (χ3v) is 28.5. The van der Waals surface area contributed by atoms with Gasteiger partial charge in [-0.05, 0) is 167 Å². The van der Waals surface area contributed by atoms with Gasteiger partial charge in [-0.3, -0.25) is 9.68 Å². The number of fused-ring (bicyclic) bond motifs is 1. The van der Waals surface area contributed by atoms with E-state index >= 15 is 0 Å². The molecule has 8 saturated carbocycles. The minimum atomic E-state index is -0.452. The van der Waals surface area contributed by atoms with Crippen molar-refractivity contribution in [1.29, 1.82) is 0 Å². The van der Waals surface area contributed by atoms with E-state index in [9.17, 15) is 10.2 Å². The number of hydrogen-bond acceptors (Lipinski definition) is 9. The van der Waals surface area contributed by atoms with Crippen molar-refractivity contribution in [3.8, 4) is 0 Å². The van der Waals surface area contributed by atoms with E-state index in [2.05, 4.69) is 125 Å². The molecule has 0 aromatic heterocycles. The highest BCUT2D eigenvalue weighted by atomic mass is 35.5. The summed E-state index contributed by atoms with van der Waals surface area (Å²) in [6.45, 7) is 33.9. The summed E-state index contributed by atoms with van der Waals surface area (Å²) >= 11 is 11.1. The molecule has 0 aromatic carbocycles. The molecule has 3 saturated heterocycles. The molecule has 9 nitrogen and oxygen atoms in total. The fraction of sp³-hybridized carbons (Fsp3) is 0.922. The molecule has 23 atom stereocenters. The lowest BCUT2D eigenvalue weighted by molar-refractivity contribution is -0.296. The van der Waals surface area contributed by atoms with Gasteiger partial charge in [0.1, 0.15) is 6.29 Å². The van der Waals surface area contributed by atoms with Crippen LogP contribution in [0.2, 0.25) is 0 Å². The lowest BCUT2D eigenvalue weighted by Gasteiger charge is -2.69. The Kier molecular flexibility index (Phi) is 15.8. The van der Waals surface area contributed by atoms with E-state index in [0.29, 0.717) is 76.8 Å². The predicted octanol–water partition coefficient (Wildman–Crippen LogP) is 13.4. The number of nitrogens with one attached hydrogen (secondary N) is 1. The molecule has 3 N–H and O–H groups in total. The predicted molar refractivity (Wildman–Crippen MR) is 305 cm³/mol. The molecular formula is C64H107Cl2N3O6. The SMILES string of the molecule is C/C1=C/[C@H](C)C23CCC[C@]24N(C)O[C@H](C1)C4(C)C(C)CC3.C=C[C@]1(C)C[C@@H](O)C2(C)C(C)CCC3(CCC[C@]32CNC)[C@@H](C)[C@@H]1O.CC1CCC23CCC[C@]24N(C)O[C@H](C[C@@]2(C)C(CCl)O[C@H]2[C@@H]3C)C14C.O=CCCl. The molecule has 3 aliphatic heterocycles. The molecule has 11 heteroatoms. The van der Waals surface area contributed by atoms with Crippen molar-refractivity contribution < 1.29 is 29.4 Å². The van der Waals surface area contributed by atoms with Crippen LogP contribution in [0.3, 0.4) is 0 Å².